The Kier molecular flexibility index (Phi) is 5.77. The monoisotopic (exact) mass is 348 g/mol. The Morgan fingerprint density at radius 1 is 1.38 bits per heavy atom. The summed E-state index contributed by atoms with van der Waals surface area (Å²) in [5.74, 6) is 0. The summed E-state index contributed by atoms with van der Waals surface area (Å²) in [5, 5.41) is 10.1. The molecule has 0 aliphatic carbocycles. The van der Waals surface area contributed by atoms with Gasteiger partial charge in [0.25, 0.3) is 0 Å². The van der Waals surface area contributed by atoms with Crippen molar-refractivity contribution >= 4 is 22.5 Å². The minimum atomic E-state index is -1.08. The van der Waals surface area contributed by atoms with Crippen LogP contribution in [0.5, 0.6) is 0 Å². The number of carbonyl (C=O) groups is 1. The number of nitrogens with zero attached hydrogens (tertiary/aromatic N) is 2. The molecular weight excluding hydrogens is 324 g/mol. The number of aryl methyl sites for hydroxylation is 2. The predicted molar refractivity (Wildman–Crippen MR) is 96.8 cm³/mol. The fraction of sp³-hybridized carbons (Fsp3) is 0.412. The van der Waals surface area contributed by atoms with Gasteiger partial charge in [-0.05, 0) is 51.0 Å². The first-order chi connectivity index (χ1) is 11.3. The van der Waals surface area contributed by atoms with Gasteiger partial charge in [0.1, 0.15) is 0 Å². The van der Waals surface area contributed by atoms with E-state index in [4.69, 9.17) is 0 Å². The van der Waals surface area contributed by atoms with Crippen molar-refractivity contribution < 1.29 is 9.00 Å². The van der Waals surface area contributed by atoms with Crippen molar-refractivity contribution in [2.75, 3.05) is 11.6 Å². The lowest BCUT2D eigenvalue weighted by atomic mass is 10.1. The van der Waals surface area contributed by atoms with E-state index >= 15 is 0 Å². The predicted octanol–water partition coefficient (Wildman–Crippen LogP) is 2.53. The van der Waals surface area contributed by atoms with E-state index in [1.165, 1.54) is 0 Å². The van der Waals surface area contributed by atoms with E-state index in [2.05, 4.69) is 15.7 Å². The number of hydrogen-bond donors (Lipinski definition) is 2. The van der Waals surface area contributed by atoms with Gasteiger partial charge in [0.2, 0.25) is 0 Å². The number of amides is 2. The fourth-order valence-electron chi connectivity index (χ4n) is 2.61. The smallest absolute Gasteiger partial charge is 0.319 e. The van der Waals surface area contributed by atoms with Crippen LogP contribution in [0.25, 0.3) is 0 Å². The number of nitrogens with one attached hydrogen (secondary N) is 2. The van der Waals surface area contributed by atoms with Crippen molar-refractivity contribution in [1.82, 2.24) is 15.1 Å². The van der Waals surface area contributed by atoms with Crippen molar-refractivity contribution in [2.45, 2.75) is 38.1 Å². The Balaban J connectivity index is 1.97. The molecule has 24 heavy (non-hydrogen) atoms. The number of urea groups is 1. The van der Waals surface area contributed by atoms with Crippen LogP contribution in [0, 0.1) is 13.8 Å². The minimum absolute atomic E-state index is 0.0323. The van der Waals surface area contributed by atoms with E-state index in [1.54, 1.807) is 30.5 Å². The van der Waals surface area contributed by atoms with Gasteiger partial charge in [-0.25, -0.2) is 4.79 Å². The fourth-order valence-corrected chi connectivity index (χ4v) is 3.18. The Labute approximate surface area is 145 Å². The van der Waals surface area contributed by atoms with Gasteiger partial charge in [-0.1, -0.05) is 6.07 Å². The third-order valence-corrected chi connectivity index (χ3v) is 4.89. The molecule has 1 aromatic carbocycles. The second kappa shape index (κ2) is 7.61. The molecule has 0 radical (unpaired) electrons. The lowest BCUT2D eigenvalue weighted by Gasteiger charge is -2.15. The highest BCUT2D eigenvalue weighted by Gasteiger charge is 2.15. The van der Waals surface area contributed by atoms with Crippen LogP contribution in [-0.4, -0.2) is 32.3 Å². The summed E-state index contributed by atoms with van der Waals surface area (Å²) in [6.45, 7) is 5.97. The average Bonchev–Trinajstić information content (AvgIpc) is 2.73. The highest BCUT2D eigenvalue weighted by Crippen LogP contribution is 2.15. The number of rotatable bonds is 5. The van der Waals surface area contributed by atoms with Gasteiger partial charge in [-0.2, -0.15) is 5.10 Å². The SMILES string of the molecule is Cc1nn(C)c(C)c1C[C@@H](C)NC(=O)Nc1cccc([S@](C)=O)c1. The van der Waals surface area contributed by atoms with Gasteiger partial charge in [0, 0.05) is 46.4 Å². The Morgan fingerprint density at radius 2 is 2.08 bits per heavy atom. The molecule has 2 aromatic rings. The molecule has 2 atom stereocenters. The van der Waals surface area contributed by atoms with E-state index in [0.717, 1.165) is 23.4 Å². The third-order valence-electron chi connectivity index (χ3n) is 3.97. The molecule has 0 spiro atoms. The molecule has 0 aliphatic heterocycles. The molecule has 6 nitrogen and oxygen atoms in total. The summed E-state index contributed by atoms with van der Waals surface area (Å²) in [6.07, 6.45) is 2.33. The summed E-state index contributed by atoms with van der Waals surface area (Å²) in [6, 6.07) is 6.73. The molecule has 2 amide bonds. The zero-order chi connectivity index (χ0) is 17.9. The Morgan fingerprint density at radius 3 is 2.67 bits per heavy atom. The summed E-state index contributed by atoms with van der Waals surface area (Å²) in [4.78, 5) is 12.8. The van der Waals surface area contributed by atoms with E-state index < -0.39 is 10.8 Å². The zero-order valence-electron chi connectivity index (χ0n) is 14.7. The lowest BCUT2D eigenvalue weighted by Crippen LogP contribution is -2.37. The summed E-state index contributed by atoms with van der Waals surface area (Å²) in [7, 11) is 0.843. The Hall–Kier alpha value is -2.15. The first-order valence-electron chi connectivity index (χ1n) is 7.78. The molecule has 1 heterocycles. The average molecular weight is 348 g/mol. The molecule has 0 saturated carbocycles. The maximum absolute atomic E-state index is 12.2. The largest absolute Gasteiger partial charge is 0.335 e. The van der Waals surface area contributed by atoms with Crippen LogP contribution in [0.15, 0.2) is 29.2 Å². The normalized spacial score (nSPS) is 13.4. The molecule has 2 rings (SSSR count). The maximum Gasteiger partial charge on any atom is 0.319 e. The van der Waals surface area contributed by atoms with E-state index in [-0.39, 0.29) is 12.1 Å². The second-order valence-corrected chi connectivity index (χ2v) is 7.34. The van der Waals surface area contributed by atoms with Crippen LogP contribution in [-0.2, 0) is 24.3 Å². The molecular formula is C17H24N4O2S. The van der Waals surface area contributed by atoms with Crippen LogP contribution < -0.4 is 10.6 Å². The van der Waals surface area contributed by atoms with Crippen LogP contribution in [0.2, 0.25) is 0 Å². The van der Waals surface area contributed by atoms with Crippen molar-refractivity contribution in [3.8, 4) is 0 Å². The maximum atomic E-state index is 12.2. The molecule has 0 bridgehead atoms. The summed E-state index contributed by atoms with van der Waals surface area (Å²) >= 11 is 0. The van der Waals surface area contributed by atoms with E-state index in [0.29, 0.717) is 10.6 Å². The van der Waals surface area contributed by atoms with Gasteiger partial charge in [0.05, 0.1) is 5.69 Å². The number of benzene rings is 1. The third kappa shape index (κ3) is 4.44. The number of aromatic nitrogens is 2. The topological polar surface area (TPSA) is 76.0 Å². The van der Waals surface area contributed by atoms with Gasteiger partial charge in [-0.3, -0.25) is 8.89 Å². The summed E-state index contributed by atoms with van der Waals surface area (Å²) in [5.41, 5.74) is 3.89. The quantitative estimate of drug-likeness (QED) is 0.872. The molecule has 1 aromatic heterocycles. The molecule has 0 fully saturated rings. The van der Waals surface area contributed by atoms with Crippen molar-refractivity contribution in [2.24, 2.45) is 7.05 Å². The standard InChI is InChI=1S/C17H24N4O2S/c1-11(9-16-12(2)20-21(4)13(16)3)18-17(22)19-14-7-6-8-15(10-14)24(5)23/h6-8,10-11H,9H2,1-5H3,(H2,18,19,22)/t11-,24+/m1/s1. The van der Waals surface area contributed by atoms with Crippen molar-refractivity contribution in [3.63, 3.8) is 0 Å². The van der Waals surface area contributed by atoms with Crippen LogP contribution in [0.1, 0.15) is 23.9 Å². The van der Waals surface area contributed by atoms with Crippen molar-refractivity contribution in [1.29, 1.82) is 0 Å². The van der Waals surface area contributed by atoms with E-state index in [9.17, 15) is 9.00 Å². The number of carbonyl (C=O) groups excluding carboxylic acids is 1. The summed E-state index contributed by atoms with van der Waals surface area (Å²) < 4.78 is 13.4. The molecule has 0 saturated heterocycles. The van der Waals surface area contributed by atoms with Gasteiger partial charge < -0.3 is 10.6 Å². The molecule has 0 unspecified atom stereocenters. The van der Waals surface area contributed by atoms with Crippen LogP contribution in [0.4, 0.5) is 10.5 Å². The van der Waals surface area contributed by atoms with Gasteiger partial charge >= 0.3 is 6.03 Å². The van der Waals surface area contributed by atoms with Gasteiger partial charge in [0.15, 0.2) is 0 Å². The van der Waals surface area contributed by atoms with E-state index in [1.807, 2.05) is 32.5 Å². The zero-order valence-corrected chi connectivity index (χ0v) is 15.5. The van der Waals surface area contributed by atoms with Gasteiger partial charge in [-0.15, -0.1) is 0 Å². The minimum Gasteiger partial charge on any atom is -0.335 e. The first-order valence-corrected chi connectivity index (χ1v) is 9.33. The number of hydrogen-bond acceptors (Lipinski definition) is 3. The number of anilines is 1. The molecule has 2 N–H and O–H groups in total. The van der Waals surface area contributed by atoms with Crippen molar-refractivity contribution in [3.05, 3.63) is 41.2 Å². The highest BCUT2D eigenvalue weighted by molar-refractivity contribution is 7.84. The molecule has 7 heteroatoms. The highest BCUT2D eigenvalue weighted by atomic mass is 32.2. The Bertz CT molecular complexity index is 770. The molecule has 130 valence electrons. The molecule has 0 aliphatic rings. The second-order valence-electron chi connectivity index (χ2n) is 5.96. The van der Waals surface area contributed by atoms with Crippen LogP contribution >= 0.6 is 0 Å². The lowest BCUT2D eigenvalue weighted by molar-refractivity contribution is 0.249. The van der Waals surface area contributed by atoms with Crippen LogP contribution in [0.3, 0.4) is 0 Å². The first kappa shape index (κ1) is 18.2.